The van der Waals surface area contributed by atoms with E-state index < -0.39 is 6.10 Å². The zero-order chi connectivity index (χ0) is 17.6. The van der Waals surface area contributed by atoms with Crippen molar-refractivity contribution >= 4 is 5.91 Å². The molecule has 1 heterocycles. The van der Waals surface area contributed by atoms with Crippen molar-refractivity contribution < 1.29 is 19.0 Å². The minimum Gasteiger partial charge on any atom is -0.489 e. The Bertz CT molecular complexity index is 721. The van der Waals surface area contributed by atoms with Crippen LogP contribution in [0.15, 0.2) is 48.5 Å². The number of β-amino-alcohol motifs (C(OH)–C–C–N with tert-alkyl or cyclic N) is 1. The quantitative estimate of drug-likeness (QED) is 0.747. The van der Waals surface area contributed by atoms with Gasteiger partial charge in [0.05, 0.1) is 12.1 Å². The number of aliphatic hydroxyl groups excluding tert-OH is 1. The maximum atomic E-state index is 13.1. The van der Waals surface area contributed by atoms with Crippen LogP contribution in [0.2, 0.25) is 0 Å². The number of amides is 1. The first kappa shape index (κ1) is 17.4. The molecule has 0 aliphatic carbocycles. The monoisotopic (exact) mass is 344 g/mol. The van der Waals surface area contributed by atoms with Gasteiger partial charge >= 0.3 is 0 Å². The molecule has 0 unspecified atom stereocenters. The molecule has 1 saturated heterocycles. The standard InChI is InChI=1S/C19H21FN2O3/c20-15-3-1-2-14(8-15)12-25-17-6-4-13(5-7-17)10-22-19(24)18-9-16(23)11-21-18/h1-8,16,18,21,23H,9-12H2,(H,22,24)/t16-,18+/m0/s1. The summed E-state index contributed by atoms with van der Waals surface area (Å²) >= 11 is 0. The summed E-state index contributed by atoms with van der Waals surface area (Å²) in [6, 6.07) is 13.3. The average Bonchev–Trinajstić information content (AvgIpc) is 3.05. The van der Waals surface area contributed by atoms with Crippen molar-refractivity contribution in [3.05, 3.63) is 65.5 Å². The molecule has 2 atom stereocenters. The van der Waals surface area contributed by atoms with E-state index in [0.29, 0.717) is 31.9 Å². The molecule has 132 valence electrons. The second-order valence-electron chi connectivity index (χ2n) is 6.13. The number of carbonyl (C=O) groups is 1. The lowest BCUT2D eigenvalue weighted by Crippen LogP contribution is -2.39. The van der Waals surface area contributed by atoms with Gasteiger partial charge in [0.1, 0.15) is 18.2 Å². The number of carbonyl (C=O) groups excluding carboxylic acids is 1. The fourth-order valence-corrected chi connectivity index (χ4v) is 2.73. The molecule has 0 radical (unpaired) electrons. The Labute approximate surface area is 145 Å². The largest absolute Gasteiger partial charge is 0.489 e. The number of hydrogen-bond donors (Lipinski definition) is 3. The van der Waals surface area contributed by atoms with Gasteiger partial charge in [0, 0.05) is 13.1 Å². The van der Waals surface area contributed by atoms with Crippen LogP contribution >= 0.6 is 0 Å². The van der Waals surface area contributed by atoms with Crippen molar-refractivity contribution in [1.82, 2.24) is 10.6 Å². The first-order valence-corrected chi connectivity index (χ1v) is 8.25. The van der Waals surface area contributed by atoms with Crippen LogP contribution in [0, 0.1) is 5.82 Å². The van der Waals surface area contributed by atoms with Crippen LogP contribution in [0.25, 0.3) is 0 Å². The fourth-order valence-electron chi connectivity index (χ4n) is 2.73. The van der Waals surface area contributed by atoms with Crippen molar-refractivity contribution in [2.24, 2.45) is 0 Å². The maximum absolute atomic E-state index is 13.1. The molecule has 0 saturated carbocycles. The Balaban J connectivity index is 1.46. The van der Waals surface area contributed by atoms with Crippen LogP contribution in [0.5, 0.6) is 5.75 Å². The Hall–Kier alpha value is -2.44. The van der Waals surface area contributed by atoms with E-state index in [1.54, 1.807) is 12.1 Å². The number of rotatable bonds is 6. The number of ether oxygens (including phenoxy) is 1. The highest BCUT2D eigenvalue weighted by Gasteiger charge is 2.27. The number of benzene rings is 2. The number of aliphatic hydroxyl groups is 1. The molecule has 25 heavy (non-hydrogen) atoms. The lowest BCUT2D eigenvalue weighted by Gasteiger charge is -2.11. The first-order valence-electron chi connectivity index (χ1n) is 8.25. The molecule has 2 aromatic rings. The van der Waals surface area contributed by atoms with E-state index in [2.05, 4.69) is 10.6 Å². The van der Waals surface area contributed by atoms with E-state index in [1.165, 1.54) is 12.1 Å². The minimum absolute atomic E-state index is 0.108. The third-order valence-electron chi connectivity index (χ3n) is 4.11. The van der Waals surface area contributed by atoms with Crippen LogP contribution in [0.4, 0.5) is 4.39 Å². The minimum atomic E-state index is -0.453. The number of halogens is 1. The van der Waals surface area contributed by atoms with Crippen LogP contribution in [-0.2, 0) is 17.9 Å². The molecule has 1 aliphatic heterocycles. The van der Waals surface area contributed by atoms with Gasteiger partial charge < -0.3 is 20.5 Å². The smallest absolute Gasteiger partial charge is 0.237 e. The molecule has 3 rings (SSSR count). The van der Waals surface area contributed by atoms with Gasteiger partial charge in [0.15, 0.2) is 0 Å². The summed E-state index contributed by atoms with van der Waals surface area (Å²) in [6.07, 6.45) is -0.0103. The number of nitrogens with one attached hydrogen (secondary N) is 2. The Morgan fingerprint density at radius 3 is 2.72 bits per heavy atom. The van der Waals surface area contributed by atoms with Crippen molar-refractivity contribution in [2.45, 2.75) is 31.7 Å². The van der Waals surface area contributed by atoms with Gasteiger partial charge in [-0.3, -0.25) is 4.79 Å². The second-order valence-corrected chi connectivity index (χ2v) is 6.13. The zero-order valence-corrected chi connectivity index (χ0v) is 13.7. The van der Waals surface area contributed by atoms with Crippen LogP contribution < -0.4 is 15.4 Å². The van der Waals surface area contributed by atoms with Gasteiger partial charge in [0.2, 0.25) is 5.91 Å². The van der Waals surface area contributed by atoms with Gasteiger partial charge in [-0.1, -0.05) is 24.3 Å². The van der Waals surface area contributed by atoms with Crippen molar-refractivity contribution in [2.75, 3.05) is 6.54 Å². The fraction of sp³-hybridized carbons (Fsp3) is 0.316. The van der Waals surface area contributed by atoms with E-state index >= 15 is 0 Å². The maximum Gasteiger partial charge on any atom is 0.237 e. The predicted molar refractivity (Wildman–Crippen MR) is 91.4 cm³/mol. The summed E-state index contributed by atoms with van der Waals surface area (Å²) in [6.45, 7) is 1.16. The van der Waals surface area contributed by atoms with Gasteiger partial charge in [0.25, 0.3) is 0 Å². The molecule has 1 fully saturated rings. The van der Waals surface area contributed by atoms with E-state index in [1.807, 2.05) is 24.3 Å². The third-order valence-corrected chi connectivity index (χ3v) is 4.11. The molecule has 0 bridgehead atoms. The van der Waals surface area contributed by atoms with Gasteiger partial charge in [-0.05, 0) is 41.8 Å². The highest BCUT2D eigenvalue weighted by molar-refractivity contribution is 5.82. The van der Waals surface area contributed by atoms with Gasteiger partial charge in [-0.15, -0.1) is 0 Å². The molecular weight excluding hydrogens is 323 g/mol. The molecule has 6 heteroatoms. The SMILES string of the molecule is O=C(NCc1ccc(OCc2cccc(F)c2)cc1)[C@H]1C[C@H](O)CN1. The lowest BCUT2D eigenvalue weighted by atomic mass is 10.1. The topological polar surface area (TPSA) is 70.6 Å². The molecule has 0 aromatic heterocycles. The van der Waals surface area contributed by atoms with Crippen LogP contribution in [-0.4, -0.2) is 29.7 Å². The molecule has 1 aliphatic rings. The van der Waals surface area contributed by atoms with Crippen molar-refractivity contribution in [3.63, 3.8) is 0 Å². The Morgan fingerprint density at radius 1 is 1.24 bits per heavy atom. The van der Waals surface area contributed by atoms with E-state index in [-0.39, 0.29) is 17.8 Å². The third kappa shape index (κ3) is 5.01. The van der Waals surface area contributed by atoms with Crippen LogP contribution in [0.3, 0.4) is 0 Å². The molecular formula is C19H21FN2O3. The highest BCUT2D eigenvalue weighted by Crippen LogP contribution is 2.15. The average molecular weight is 344 g/mol. The molecule has 2 aromatic carbocycles. The normalized spacial score (nSPS) is 19.6. The van der Waals surface area contributed by atoms with E-state index in [9.17, 15) is 14.3 Å². The number of hydrogen-bond acceptors (Lipinski definition) is 4. The first-order chi connectivity index (χ1) is 12.1. The Morgan fingerprint density at radius 2 is 2.04 bits per heavy atom. The van der Waals surface area contributed by atoms with Gasteiger partial charge in [-0.25, -0.2) is 4.39 Å². The second kappa shape index (κ2) is 8.09. The van der Waals surface area contributed by atoms with E-state index in [4.69, 9.17) is 4.74 Å². The Kier molecular flexibility index (Phi) is 5.63. The summed E-state index contributed by atoms with van der Waals surface area (Å²) in [5.41, 5.74) is 1.72. The van der Waals surface area contributed by atoms with Gasteiger partial charge in [-0.2, -0.15) is 0 Å². The molecule has 3 N–H and O–H groups in total. The highest BCUT2D eigenvalue weighted by atomic mass is 19.1. The summed E-state index contributed by atoms with van der Waals surface area (Å²) in [5, 5.41) is 15.3. The molecule has 0 spiro atoms. The van der Waals surface area contributed by atoms with E-state index in [0.717, 1.165) is 11.1 Å². The summed E-state index contributed by atoms with van der Waals surface area (Å²) in [7, 11) is 0. The lowest BCUT2D eigenvalue weighted by molar-refractivity contribution is -0.123. The molecule has 1 amide bonds. The summed E-state index contributed by atoms with van der Waals surface area (Å²) < 4.78 is 18.7. The van der Waals surface area contributed by atoms with Crippen molar-refractivity contribution in [1.29, 1.82) is 0 Å². The summed E-state index contributed by atoms with van der Waals surface area (Å²) in [5.74, 6) is 0.291. The van der Waals surface area contributed by atoms with Crippen LogP contribution in [0.1, 0.15) is 17.5 Å². The molecule has 5 nitrogen and oxygen atoms in total. The zero-order valence-electron chi connectivity index (χ0n) is 13.7. The predicted octanol–water partition coefficient (Wildman–Crippen LogP) is 1.74. The summed E-state index contributed by atoms with van der Waals surface area (Å²) in [4.78, 5) is 12.0. The van der Waals surface area contributed by atoms with Crippen molar-refractivity contribution in [3.8, 4) is 5.75 Å².